The molecule has 0 bridgehead atoms. The van der Waals surface area contributed by atoms with Gasteiger partial charge < -0.3 is 15.4 Å². The number of rotatable bonds is 6. The van der Waals surface area contributed by atoms with Crippen LogP contribution < -0.4 is 20.9 Å². The van der Waals surface area contributed by atoms with Crippen LogP contribution in [0, 0.1) is 0 Å². The molecule has 2 fully saturated rings. The molecule has 1 aliphatic heterocycles. The first kappa shape index (κ1) is 24.6. The molecule has 2 aromatic carbocycles. The average molecular weight is 530 g/mol. The number of benzene rings is 2. The van der Waals surface area contributed by atoms with Gasteiger partial charge in [0, 0.05) is 31.2 Å². The third-order valence-electron chi connectivity index (χ3n) is 6.67. The van der Waals surface area contributed by atoms with Gasteiger partial charge in [0.15, 0.2) is 0 Å². The van der Waals surface area contributed by atoms with Crippen molar-refractivity contribution in [3.63, 3.8) is 0 Å². The Morgan fingerprint density at radius 3 is 2.42 bits per heavy atom. The van der Waals surface area contributed by atoms with Gasteiger partial charge in [0.1, 0.15) is 10.6 Å². The number of hydrogen-bond donors (Lipinski definition) is 1. The molecule has 1 aliphatic carbocycles. The summed E-state index contributed by atoms with van der Waals surface area (Å²) in [5, 5.41) is 4.90. The maximum absolute atomic E-state index is 13.6. The fraction of sp³-hybridized carbons (Fsp3) is 0.360. The van der Waals surface area contributed by atoms with E-state index in [-0.39, 0.29) is 41.1 Å². The summed E-state index contributed by atoms with van der Waals surface area (Å²) >= 11 is 6.14. The highest BCUT2D eigenvalue weighted by Crippen LogP contribution is 2.31. The van der Waals surface area contributed by atoms with E-state index in [1.165, 1.54) is 15.1 Å². The van der Waals surface area contributed by atoms with Gasteiger partial charge in [0.2, 0.25) is 15.8 Å². The lowest BCUT2D eigenvalue weighted by Crippen LogP contribution is -2.49. The molecule has 0 spiro atoms. The van der Waals surface area contributed by atoms with Gasteiger partial charge in [0.25, 0.3) is 0 Å². The zero-order chi connectivity index (χ0) is 25.3. The number of nitrogens with zero attached hydrogens (tertiary/aromatic N) is 4. The Bertz CT molecular complexity index is 1410. The minimum atomic E-state index is -3.73. The van der Waals surface area contributed by atoms with E-state index in [4.69, 9.17) is 22.1 Å². The van der Waals surface area contributed by atoms with Crippen molar-refractivity contribution in [3.05, 3.63) is 70.1 Å². The number of nitrogen functional groups attached to an aromatic ring is 1. The fourth-order valence-electron chi connectivity index (χ4n) is 4.75. The number of para-hydroxylation sites is 1. The molecule has 36 heavy (non-hydrogen) atoms. The minimum Gasteiger partial charge on any atom is -0.483 e. The lowest BCUT2D eigenvalue weighted by molar-refractivity contribution is 0.205. The molecule has 2 aliphatic rings. The van der Waals surface area contributed by atoms with Gasteiger partial charge in [-0.3, -0.25) is 4.79 Å². The second kappa shape index (κ2) is 10.1. The largest absolute Gasteiger partial charge is 0.483 e. The first-order valence-corrected chi connectivity index (χ1v) is 13.8. The molecular formula is C25H28ClN5O4S. The van der Waals surface area contributed by atoms with Crippen LogP contribution in [0.1, 0.15) is 25.7 Å². The van der Waals surface area contributed by atoms with E-state index in [2.05, 4.69) is 5.10 Å². The number of nitrogens with two attached hydrogens (primary N) is 1. The third kappa shape index (κ3) is 4.80. The predicted molar refractivity (Wildman–Crippen MR) is 140 cm³/mol. The number of aromatic nitrogens is 2. The first-order valence-electron chi connectivity index (χ1n) is 12.0. The molecule has 0 radical (unpaired) electrons. The van der Waals surface area contributed by atoms with Gasteiger partial charge in [-0.25, -0.2) is 8.42 Å². The van der Waals surface area contributed by atoms with Crippen LogP contribution in [-0.2, 0) is 10.0 Å². The molecule has 9 nitrogen and oxygen atoms in total. The Hall–Kier alpha value is -3.08. The van der Waals surface area contributed by atoms with E-state index in [1.54, 1.807) is 48.7 Å². The van der Waals surface area contributed by atoms with Gasteiger partial charge >= 0.3 is 5.56 Å². The quantitative estimate of drug-likeness (QED) is 0.488. The monoisotopic (exact) mass is 529 g/mol. The van der Waals surface area contributed by atoms with E-state index in [1.807, 2.05) is 4.90 Å². The maximum Gasteiger partial charge on any atom is 0.316 e. The van der Waals surface area contributed by atoms with Crippen LogP contribution in [-0.4, -0.2) is 54.8 Å². The number of anilines is 2. The summed E-state index contributed by atoms with van der Waals surface area (Å²) in [5.41, 5.74) is 6.91. The van der Waals surface area contributed by atoms with Crippen molar-refractivity contribution in [3.8, 4) is 11.4 Å². The third-order valence-corrected chi connectivity index (χ3v) is 8.88. The second-order valence-electron chi connectivity index (χ2n) is 9.01. The van der Waals surface area contributed by atoms with Crippen LogP contribution in [0.2, 0.25) is 5.02 Å². The van der Waals surface area contributed by atoms with E-state index in [0.29, 0.717) is 29.5 Å². The summed E-state index contributed by atoms with van der Waals surface area (Å²) in [4.78, 5) is 15.6. The molecule has 1 aromatic heterocycles. The summed E-state index contributed by atoms with van der Waals surface area (Å²) in [6, 6.07) is 13.4. The SMILES string of the molecule is Nc1ccccc1S(=O)(=O)N1CCN(c2cnn(-c3cccc(Cl)c3)c(=O)c2OC2CCCC2)CC1. The Morgan fingerprint density at radius 2 is 1.72 bits per heavy atom. The Balaban J connectivity index is 1.43. The van der Waals surface area contributed by atoms with Crippen molar-refractivity contribution in [1.29, 1.82) is 0 Å². The number of sulfonamides is 1. The summed E-state index contributed by atoms with van der Waals surface area (Å²) < 4.78 is 35.3. The molecule has 2 heterocycles. The molecule has 1 saturated carbocycles. The summed E-state index contributed by atoms with van der Waals surface area (Å²) in [6.07, 6.45) is 5.49. The lowest BCUT2D eigenvalue weighted by Gasteiger charge is -2.36. The summed E-state index contributed by atoms with van der Waals surface area (Å²) in [6.45, 7) is 1.26. The average Bonchev–Trinajstić information content (AvgIpc) is 3.39. The molecule has 0 amide bonds. The first-order chi connectivity index (χ1) is 17.3. The number of piperazine rings is 1. The molecule has 3 aromatic rings. The highest BCUT2D eigenvalue weighted by molar-refractivity contribution is 7.89. The van der Waals surface area contributed by atoms with Crippen LogP contribution >= 0.6 is 11.6 Å². The van der Waals surface area contributed by atoms with E-state index >= 15 is 0 Å². The molecule has 0 atom stereocenters. The lowest BCUT2D eigenvalue weighted by atomic mass is 10.2. The smallest absolute Gasteiger partial charge is 0.316 e. The van der Waals surface area contributed by atoms with Gasteiger partial charge in [-0.05, 0) is 56.0 Å². The summed E-state index contributed by atoms with van der Waals surface area (Å²) in [5.74, 6) is 0.237. The van der Waals surface area contributed by atoms with Crippen LogP contribution in [0.25, 0.3) is 5.69 Å². The van der Waals surface area contributed by atoms with Gasteiger partial charge in [-0.2, -0.15) is 14.1 Å². The highest BCUT2D eigenvalue weighted by atomic mass is 35.5. The number of ether oxygens (including phenoxy) is 1. The zero-order valence-corrected chi connectivity index (χ0v) is 21.3. The normalized spacial score (nSPS) is 17.4. The van der Waals surface area contributed by atoms with E-state index in [9.17, 15) is 13.2 Å². The van der Waals surface area contributed by atoms with Crippen molar-refractivity contribution in [1.82, 2.24) is 14.1 Å². The molecule has 1 saturated heterocycles. The second-order valence-corrected chi connectivity index (χ2v) is 11.4. The zero-order valence-electron chi connectivity index (χ0n) is 19.7. The maximum atomic E-state index is 13.6. The topological polar surface area (TPSA) is 111 Å². The minimum absolute atomic E-state index is 0.0330. The fourth-order valence-corrected chi connectivity index (χ4v) is 6.48. The number of hydrogen-bond acceptors (Lipinski definition) is 7. The molecular weight excluding hydrogens is 502 g/mol. The number of halogens is 1. The van der Waals surface area contributed by atoms with Crippen LogP contribution in [0.4, 0.5) is 11.4 Å². The van der Waals surface area contributed by atoms with Crippen molar-refractivity contribution in [2.45, 2.75) is 36.7 Å². The Kier molecular flexibility index (Phi) is 6.92. The highest BCUT2D eigenvalue weighted by Gasteiger charge is 2.32. The van der Waals surface area contributed by atoms with Crippen LogP contribution in [0.5, 0.6) is 5.75 Å². The van der Waals surface area contributed by atoms with Crippen molar-refractivity contribution in [2.75, 3.05) is 36.8 Å². The van der Waals surface area contributed by atoms with Crippen LogP contribution in [0.3, 0.4) is 0 Å². The van der Waals surface area contributed by atoms with Crippen molar-refractivity contribution < 1.29 is 13.2 Å². The molecule has 11 heteroatoms. The Morgan fingerprint density at radius 1 is 1.00 bits per heavy atom. The van der Waals surface area contributed by atoms with Crippen molar-refractivity contribution >= 4 is 33.0 Å². The summed E-state index contributed by atoms with van der Waals surface area (Å²) in [7, 11) is -3.73. The predicted octanol–water partition coefficient (Wildman–Crippen LogP) is 3.30. The molecule has 5 rings (SSSR count). The van der Waals surface area contributed by atoms with E-state index < -0.39 is 10.0 Å². The van der Waals surface area contributed by atoms with Crippen molar-refractivity contribution in [2.24, 2.45) is 0 Å². The van der Waals surface area contributed by atoms with Gasteiger partial charge in [-0.1, -0.05) is 29.8 Å². The molecule has 2 N–H and O–H groups in total. The van der Waals surface area contributed by atoms with Crippen LogP contribution in [0.15, 0.2) is 64.4 Å². The standard InChI is InChI=1S/C25H28ClN5O4S/c26-18-6-5-7-19(16-18)31-25(32)24(35-20-8-1-2-9-20)22(17-28-31)29-12-14-30(15-13-29)36(33,34)23-11-4-3-10-21(23)27/h3-7,10-11,16-17,20H,1-2,8-9,12-15,27H2. The Labute approximate surface area is 215 Å². The van der Waals surface area contributed by atoms with E-state index in [0.717, 1.165) is 25.7 Å². The molecule has 190 valence electrons. The molecule has 0 unspecified atom stereocenters. The van der Waals surface area contributed by atoms with Gasteiger partial charge in [-0.15, -0.1) is 0 Å². The van der Waals surface area contributed by atoms with Gasteiger partial charge in [0.05, 0.1) is 23.7 Å².